The van der Waals surface area contributed by atoms with Crippen LogP contribution in [0.1, 0.15) is 0 Å². The van der Waals surface area contributed by atoms with Crippen molar-refractivity contribution in [1.29, 1.82) is 0 Å². The number of methoxy groups -OCH3 is 1. The highest BCUT2D eigenvalue weighted by Crippen LogP contribution is 1.88. The van der Waals surface area contributed by atoms with Crippen molar-refractivity contribution >= 4 is 34.3 Å². The van der Waals surface area contributed by atoms with Crippen LogP contribution in [0.5, 0.6) is 0 Å². The summed E-state index contributed by atoms with van der Waals surface area (Å²) in [5.74, 6) is -2.23. The average Bonchev–Trinajstić information content (AvgIpc) is 2.46. The maximum absolute atomic E-state index is 11.4. The molecular weight excluding hydrogens is 334 g/mol. The summed E-state index contributed by atoms with van der Waals surface area (Å²) in [6.07, 6.45) is 2.02. The van der Waals surface area contributed by atoms with E-state index in [0.717, 1.165) is 19.3 Å². The molecule has 4 N–H and O–H groups in total. The van der Waals surface area contributed by atoms with Crippen molar-refractivity contribution in [2.75, 3.05) is 26.0 Å². The van der Waals surface area contributed by atoms with E-state index >= 15 is 0 Å². The number of urea groups is 1. The van der Waals surface area contributed by atoms with Crippen LogP contribution >= 0.6 is 0 Å². The number of amides is 3. The minimum absolute atomic E-state index is 0.0157. The summed E-state index contributed by atoms with van der Waals surface area (Å²) < 4.78 is 34.0. The van der Waals surface area contributed by atoms with Crippen LogP contribution in [0.15, 0.2) is 12.2 Å². The van der Waals surface area contributed by atoms with Gasteiger partial charge in [-0.2, -0.15) is 8.42 Å². The zero-order chi connectivity index (χ0) is 17.9. The number of carbonyl (C=O) groups excluding carboxylic acids is 4. The van der Waals surface area contributed by atoms with Crippen LogP contribution in [0.25, 0.3) is 0 Å². The minimum atomic E-state index is -4.41. The fourth-order valence-electron chi connectivity index (χ4n) is 1.19. The SMILES string of the molecule is COC(=O)/C=C\C(=O)NCCNC(=O)NC(C=O)CS(=O)(=O)O. The van der Waals surface area contributed by atoms with Crippen LogP contribution in [-0.4, -0.2) is 69.2 Å². The fraction of sp³-hybridized carbons (Fsp3) is 0.455. The second-order valence-corrected chi connectivity index (χ2v) is 5.54. The van der Waals surface area contributed by atoms with Gasteiger partial charge in [-0.25, -0.2) is 9.59 Å². The van der Waals surface area contributed by atoms with E-state index < -0.39 is 39.8 Å². The van der Waals surface area contributed by atoms with Gasteiger partial charge in [0, 0.05) is 25.2 Å². The molecule has 0 aliphatic carbocycles. The lowest BCUT2D eigenvalue weighted by Gasteiger charge is -2.12. The maximum atomic E-state index is 11.4. The lowest BCUT2D eigenvalue weighted by Crippen LogP contribution is -2.47. The monoisotopic (exact) mass is 351 g/mol. The molecule has 0 saturated heterocycles. The molecule has 0 aliphatic heterocycles. The zero-order valence-corrected chi connectivity index (χ0v) is 13.0. The molecule has 23 heavy (non-hydrogen) atoms. The van der Waals surface area contributed by atoms with Crippen LogP contribution in [-0.2, 0) is 29.2 Å². The van der Waals surface area contributed by atoms with E-state index in [1.54, 1.807) is 0 Å². The van der Waals surface area contributed by atoms with Crippen molar-refractivity contribution in [1.82, 2.24) is 16.0 Å². The molecule has 3 amide bonds. The van der Waals surface area contributed by atoms with Crippen molar-refractivity contribution in [2.45, 2.75) is 6.04 Å². The van der Waals surface area contributed by atoms with Crippen LogP contribution in [0, 0.1) is 0 Å². The first-order valence-electron chi connectivity index (χ1n) is 6.16. The van der Waals surface area contributed by atoms with Gasteiger partial charge in [-0.3, -0.25) is 9.35 Å². The average molecular weight is 351 g/mol. The van der Waals surface area contributed by atoms with E-state index in [4.69, 9.17) is 4.55 Å². The predicted octanol–water partition coefficient (Wildman–Crippen LogP) is -2.41. The minimum Gasteiger partial charge on any atom is -0.466 e. The van der Waals surface area contributed by atoms with Gasteiger partial charge in [0.15, 0.2) is 0 Å². The van der Waals surface area contributed by atoms with Gasteiger partial charge in [-0.15, -0.1) is 0 Å². The molecule has 12 heteroatoms. The number of carbonyl (C=O) groups is 4. The normalized spacial score (nSPS) is 12.3. The Morgan fingerprint density at radius 3 is 2.30 bits per heavy atom. The highest BCUT2D eigenvalue weighted by atomic mass is 32.2. The summed E-state index contributed by atoms with van der Waals surface area (Å²) in [7, 11) is -3.25. The molecule has 0 bridgehead atoms. The number of esters is 1. The van der Waals surface area contributed by atoms with Crippen molar-refractivity contribution in [3.63, 3.8) is 0 Å². The first kappa shape index (κ1) is 20.5. The summed E-state index contributed by atoms with van der Waals surface area (Å²) in [4.78, 5) is 43.9. The Balaban J connectivity index is 4.02. The molecule has 130 valence electrons. The first-order chi connectivity index (χ1) is 10.7. The van der Waals surface area contributed by atoms with Gasteiger partial charge >= 0.3 is 12.0 Å². The van der Waals surface area contributed by atoms with Gasteiger partial charge in [-0.1, -0.05) is 0 Å². The second kappa shape index (κ2) is 10.3. The number of ether oxygens (including phenoxy) is 1. The Bertz CT molecular complexity index is 572. The van der Waals surface area contributed by atoms with Crippen molar-refractivity contribution in [2.24, 2.45) is 0 Å². The molecule has 0 aliphatic rings. The van der Waals surface area contributed by atoms with Crippen LogP contribution < -0.4 is 16.0 Å². The molecule has 0 aromatic heterocycles. The number of nitrogens with one attached hydrogen (secondary N) is 3. The Morgan fingerprint density at radius 1 is 1.17 bits per heavy atom. The summed E-state index contributed by atoms with van der Waals surface area (Å²) in [6, 6.07) is -2.26. The van der Waals surface area contributed by atoms with E-state index in [1.165, 1.54) is 0 Å². The molecule has 0 radical (unpaired) electrons. The van der Waals surface area contributed by atoms with E-state index in [9.17, 15) is 27.6 Å². The summed E-state index contributed by atoms with van der Waals surface area (Å²) in [5.41, 5.74) is 0. The highest BCUT2D eigenvalue weighted by molar-refractivity contribution is 7.85. The predicted molar refractivity (Wildman–Crippen MR) is 77.0 cm³/mol. The van der Waals surface area contributed by atoms with E-state index in [1.807, 2.05) is 5.32 Å². The number of aldehydes is 1. The molecule has 0 fully saturated rings. The molecule has 1 atom stereocenters. The Labute approximate surface area is 132 Å². The molecular formula is C11H17N3O8S. The lowest BCUT2D eigenvalue weighted by atomic mass is 10.4. The summed E-state index contributed by atoms with van der Waals surface area (Å²) in [6.45, 7) is -0.0110. The maximum Gasteiger partial charge on any atom is 0.330 e. The van der Waals surface area contributed by atoms with Gasteiger partial charge in [0.2, 0.25) is 5.91 Å². The zero-order valence-electron chi connectivity index (χ0n) is 12.1. The van der Waals surface area contributed by atoms with Gasteiger partial charge in [-0.05, 0) is 0 Å². The van der Waals surface area contributed by atoms with Crippen LogP contribution in [0.2, 0.25) is 0 Å². The molecule has 0 rings (SSSR count). The van der Waals surface area contributed by atoms with Crippen molar-refractivity contribution in [3.05, 3.63) is 12.2 Å². The molecule has 0 aromatic carbocycles. The Morgan fingerprint density at radius 2 is 1.78 bits per heavy atom. The van der Waals surface area contributed by atoms with Gasteiger partial charge in [0.05, 0.1) is 7.11 Å². The number of hydrogen-bond acceptors (Lipinski definition) is 7. The quantitative estimate of drug-likeness (QED) is 0.117. The summed E-state index contributed by atoms with van der Waals surface area (Å²) in [5, 5.41) is 6.60. The third-order valence-corrected chi connectivity index (χ3v) is 2.93. The fourth-order valence-corrected chi connectivity index (χ4v) is 1.81. The van der Waals surface area contributed by atoms with Gasteiger partial charge in [0.1, 0.15) is 18.1 Å². The smallest absolute Gasteiger partial charge is 0.330 e. The third-order valence-electron chi connectivity index (χ3n) is 2.15. The Hall–Kier alpha value is -2.47. The molecule has 11 nitrogen and oxygen atoms in total. The number of hydrogen-bond donors (Lipinski definition) is 4. The second-order valence-electron chi connectivity index (χ2n) is 4.04. The molecule has 0 spiro atoms. The van der Waals surface area contributed by atoms with Crippen molar-refractivity contribution < 1.29 is 36.9 Å². The summed E-state index contributed by atoms with van der Waals surface area (Å²) >= 11 is 0. The molecule has 0 aromatic rings. The standard InChI is InChI=1S/C11H17N3O8S/c1-22-10(17)3-2-9(16)12-4-5-13-11(18)14-8(6-15)7-23(19,20)21/h2-3,6,8H,4-5,7H2,1H3,(H,12,16)(H2,13,14,18)(H,19,20,21)/b3-2-. The van der Waals surface area contributed by atoms with Crippen LogP contribution in [0.3, 0.4) is 0 Å². The first-order valence-corrected chi connectivity index (χ1v) is 7.77. The third kappa shape index (κ3) is 11.8. The lowest BCUT2D eigenvalue weighted by molar-refractivity contribution is -0.135. The molecule has 0 saturated carbocycles. The van der Waals surface area contributed by atoms with E-state index in [0.29, 0.717) is 0 Å². The molecule has 1 unspecified atom stereocenters. The van der Waals surface area contributed by atoms with E-state index in [-0.39, 0.29) is 19.4 Å². The van der Waals surface area contributed by atoms with Crippen LogP contribution in [0.4, 0.5) is 4.79 Å². The highest BCUT2D eigenvalue weighted by Gasteiger charge is 2.18. The van der Waals surface area contributed by atoms with Gasteiger partial charge < -0.3 is 25.5 Å². The Kier molecular flexibility index (Phi) is 9.18. The topological polar surface area (TPSA) is 168 Å². The van der Waals surface area contributed by atoms with Crippen molar-refractivity contribution in [3.8, 4) is 0 Å². The number of rotatable bonds is 9. The van der Waals surface area contributed by atoms with Gasteiger partial charge in [0.25, 0.3) is 10.1 Å². The molecule has 0 heterocycles. The largest absolute Gasteiger partial charge is 0.466 e. The van der Waals surface area contributed by atoms with E-state index in [2.05, 4.69) is 15.4 Å².